The molecular weight excluding hydrogens is 241 g/mol. The molecule has 1 unspecified atom stereocenters. The third kappa shape index (κ3) is 4.34. The number of carbonyl (C=O) groups excluding carboxylic acids is 1. The van der Waals surface area contributed by atoms with Crippen LogP contribution in [0, 0.1) is 5.92 Å². The highest BCUT2D eigenvalue weighted by molar-refractivity contribution is 5.78. The fourth-order valence-corrected chi connectivity index (χ4v) is 2.73. The first-order valence-electron chi connectivity index (χ1n) is 7.17. The minimum atomic E-state index is -0.245. The highest BCUT2D eigenvalue weighted by Crippen LogP contribution is 2.22. The van der Waals surface area contributed by atoms with Crippen molar-refractivity contribution in [3.8, 4) is 0 Å². The van der Waals surface area contributed by atoms with Gasteiger partial charge in [0.1, 0.15) is 0 Å². The van der Waals surface area contributed by atoms with Gasteiger partial charge in [-0.1, -0.05) is 30.3 Å². The Morgan fingerprint density at radius 1 is 1.16 bits per heavy atom. The van der Waals surface area contributed by atoms with Gasteiger partial charge in [0.25, 0.3) is 0 Å². The Morgan fingerprint density at radius 2 is 1.95 bits per heavy atom. The Balaban J connectivity index is 1.76. The zero-order valence-electron chi connectivity index (χ0n) is 11.4. The molecule has 1 aromatic carbocycles. The average Bonchev–Trinajstić information content (AvgIpc) is 2.76. The quantitative estimate of drug-likeness (QED) is 0.692. The van der Waals surface area contributed by atoms with Gasteiger partial charge in [0, 0.05) is 19.5 Å². The van der Waals surface area contributed by atoms with Crippen molar-refractivity contribution in [3.63, 3.8) is 0 Å². The fraction of sp³-hybridized carbons (Fsp3) is 0.562. The molecule has 1 heterocycles. The van der Waals surface area contributed by atoms with Crippen molar-refractivity contribution < 1.29 is 9.18 Å². The predicted molar refractivity (Wildman–Crippen MR) is 74.7 cm³/mol. The molecule has 0 spiro atoms. The molecule has 1 aromatic rings. The smallest absolute Gasteiger partial charge is 0.222 e. The number of hydrogen-bond acceptors (Lipinski definition) is 1. The van der Waals surface area contributed by atoms with Gasteiger partial charge in [-0.25, -0.2) is 0 Å². The lowest BCUT2D eigenvalue weighted by Crippen LogP contribution is -2.26. The summed E-state index contributed by atoms with van der Waals surface area (Å²) in [6.45, 7) is 1.41. The highest BCUT2D eigenvalue weighted by atomic mass is 19.1. The van der Waals surface area contributed by atoms with Gasteiger partial charge < -0.3 is 4.90 Å². The Morgan fingerprint density at radius 3 is 2.68 bits per heavy atom. The van der Waals surface area contributed by atoms with E-state index in [-0.39, 0.29) is 12.6 Å². The summed E-state index contributed by atoms with van der Waals surface area (Å²) in [7, 11) is 0. The molecule has 1 fully saturated rings. The van der Waals surface area contributed by atoms with Crippen molar-refractivity contribution in [2.24, 2.45) is 5.92 Å². The van der Waals surface area contributed by atoms with E-state index in [2.05, 4.69) is 12.1 Å². The Kier molecular flexibility index (Phi) is 5.37. The SMILES string of the molecule is O=C1CC(Cc2ccccc2)CN1CCCCCF. The van der Waals surface area contributed by atoms with Crippen LogP contribution in [0.1, 0.15) is 31.2 Å². The molecule has 1 saturated heterocycles. The normalized spacial score (nSPS) is 19.1. The van der Waals surface area contributed by atoms with E-state index in [0.29, 0.717) is 18.8 Å². The van der Waals surface area contributed by atoms with E-state index in [1.807, 2.05) is 23.1 Å². The number of amides is 1. The van der Waals surface area contributed by atoms with Crippen molar-refractivity contribution in [1.29, 1.82) is 0 Å². The molecule has 1 amide bonds. The second-order valence-electron chi connectivity index (χ2n) is 5.35. The van der Waals surface area contributed by atoms with E-state index >= 15 is 0 Å². The largest absolute Gasteiger partial charge is 0.342 e. The second-order valence-corrected chi connectivity index (χ2v) is 5.35. The van der Waals surface area contributed by atoms with Gasteiger partial charge in [0.2, 0.25) is 5.91 Å². The van der Waals surface area contributed by atoms with Gasteiger partial charge in [-0.15, -0.1) is 0 Å². The zero-order chi connectivity index (χ0) is 13.5. The Bertz CT molecular complexity index is 393. The van der Waals surface area contributed by atoms with E-state index in [1.54, 1.807) is 0 Å². The number of halogens is 1. The number of rotatable bonds is 7. The second kappa shape index (κ2) is 7.27. The highest BCUT2D eigenvalue weighted by Gasteiger charge is 2.28. The van der Waals surface area contributed by atoms with Crippen LogP contribution in [0.25, 0.3) is 0 Å². The molecule has 0 aromatic heterocycles. The third-order valence-corrected chi connectivity index (χ3v) is 3.72. The molecule has 0 aliphatic carbocycles. The Hall–Kier alpha value is -1.38. The first-order valence-corrected chi connectivity index (χ1v) is 7.17. The number of likely N-dealkylation sites (tertiary alicyclic amines) is 1. The first kappa shape index (κ1) is 14.0. The van der Waals surface area contributed by atoms with Crippen molar-refractivity contribution in [2.45, 2.75) is 32.1 Å². The number of alkyl halides is 1. The minimum absolute atomic E-state index is 0.245. The number of nitrogens with zero attached hydrogens (tertiary/aromatic N) is 1. The van der Waals surface area contributed by atoms with Gasteiger partial charge in [-0.05, 0) is 37.2 Å². The van der Waals surface area contributed by atoms with Crippen molar-refractivity contribution in [3.05, 3.63) is 35.9 Å². The van der Waals surface area contributed by atoms with E-state index in [0.717, 1.165) is 32.4 Å². The van der Waals surface area contributed by atoms with Crippen molar-refractivity contribution in [1.82, 2.24) is 4.90 Å². The molecule has 19 heavy (non-hydrogen) atoms. The topological polar surface area (TPSA) is 20.3 Å². The van der Waals surface area contributed by atoms with Gasteiger partial charge in [-0.2, -0.15) is 0 Å². The Labute approximate surface area is 114 Å². The molecule has 0 saturated carbocycles. The lowest BCUT2D eigenvalue weighted by Gasteiger charge is -2.16. The average molecular weight is 263 g/mol. The summed E-state index contributed by atoms with van der Waals surface area (Å²) in [5, 5.41) is 0. The van der Waals surface area contributed by atoms with E-state index in [1.165, 1.54) is 5.56 Å². The van der Waals surface area contributed by atoms with Crippen LogP contribution in [0.4, 0.5) is 4.39 Å². The molecule has 3 heteroatoms. The van der Waals surface area contributed by atoms with Crippen LogP contribution in [-0.4, -0.2) is 30.6 Å². The summed E-state index contributed by atoms with van der Waals surface area (Å²) in [4.78, 5) is 13.8. The molecule has 1 aliphatic heterocycles. The minimum Gasteiger partial charge on any atom is -0.342 e. The lowest BCUT2D eigenvalue weighted by atomic mass is 9.99. The maximum atomic E-state index is 12.0. The monoisotopic (exact) mass is 263 g/mol. The number of carbonyl (C=O) groups is 1. The van der Waals surface area contributed by atoms with Crippen LogP contribution < -0.4 is 0 Å². The van der Waals surface area contributed by atoms with Crippen LogP contribution >= 0.6 is 0 Å². The van der Waals surface area contributed by atoms with Crippen LogP contribution in [-0.2, 0) is 11.2 Å². The maximum absolute atomic E-state index is 12.0. The summed E-state index contributed by atoms with van der Waals surface area (Å²) in [5.41, 5.74) is 1.31. The fourth-order valence-electron chi connectivity index (χ4n) is 2.73. The van der Waals surface area contributed by atoms with Crippen molar-refractivity contribution in [2.75, 3.05) is 19.8 Å². The van der Waals surface area contributed by atoms with Crippen molar-refractivity contribution >= 4 is 5.91 Å². The van der Waals surface area contributed by atoms with Crippen LogP contribution in [0.2, 0.25) is 0 Å². The standard InChI is InChI=1S/C16H22FNO/c17-9-5-2-6-10-18-13-15(12-16(18)19)11-14-7-3-1-4-8-14/h1,3-4,7-8,15H,2,5-6,9-13H2. The number of hydrogen-bond donors (Lipinski definition) is 0. The lowest BCUT2D eigenvalue weighted by molar-refractivity contribution is -0.127. The van der Waals surface area contributed by atoms with Crippen LogP contribution in [0.15, 0.2) is 30.3 Å². The van der Waals surface area contributed by atoms with Gasteiger partial charge in [-0.3, -0.25) is 9.18 Å². The van der Waals surface area contributed by atoms with E-state index in [4.69, 9.17) is 0 Å². The molecule has 0 N–H and O–H groups in total. The molecule has 2 nitrogen and oxygen atoms in total. The first-order chi connectivity index (χ1) is 9.29. The molecular formula is C16H22FNO. The molecule has 1 aliphatic rings. The van der Waals surface area contributed by atoms with Gasteiger partial charge >= 0.3 is 0 Å². The van der Waals surface area contributed by atoms with Gasteiger partial charge in [0.05, 0.1) is 6.67 Å². The maximum Gasteiger partial charge on any atom is 0.222 e. The summed E-state index contributed by atoms with van der Waals surface area (Å²) in [6.07, 6.45) is 4.07. The summed E-state index contributed by atoms with van der Waals surface area (Å²) in [6, 6.07) is 10.3. The molecule has 2 rings (SSSR count). The van der Waals surface area contributed by atoms with Crippen LogP contribution in [0.3, 0.4) is 0 Å². The van der Waals surface area contributed by atoms with E-state index < -0.39 is 0 Å². The number of benzene rings is 1. The van der Waals surface area contributed by atoms with E-state index in [9.17, 15) is 9.18 Å². The predicted octanol–water partition coefficient (Wildman–Crippen LogP) is 3.22. The molecule has 1 atom stereocenters. The molecule has 0 bridgehead atoms. The van der Waals surface area contributed by atoms with Gasteiger partial charge in [0.15, 0.2) is 0 Å². The van der Waals surface area contributed by atoms with Crippen LogP contribution in [0.5, 0.6) is 0 Å². The number of unbranched alkanes of at least 4 members (excludes halogenated alkanes) is 2. The summed E-state index contributed by atoms with van der Waals surface area (Å²) >= 11 is 0. The summed E-state index contributed by atoms with van der Waals surface area (Å²) < 4.78 is 12.0. The zero-order valence-corrected chi connectivity index (χ0v) is 11.4. The molecule has 104 valence electrons. The third-order valence-electron chi connectivity index (χ3n) is 3.72. The molecule has 0 radical (unpaired) electrons. The summed E-state index contributed by atoms with van der Waals surface area (Å²) in [5.74, 6) is 0.706.